The van der Waals surface area contributed by atoms with E-state index in [1.165, 1.54) is 0 Å². The second-order valence-electron chi connectivity index (χ2n) is 6.22. The maximum Gasteiger partial charge on any atom is 0.314 e. The van der Waals surface area contributed by atoms with E-state index < -0.39 is 11.4 Å². The van der Waals surface area contributed by atoms with Crippen LogP contribution in [0.3, 0.4) is 0 Å². The first-order chi connectivity index (χ1) is 7.86. The Hall–Kier alpha value is -1.31. The van der Waals surface area contributed by atoms with Crippen LogP contribution in [-0.2, 0) is 10.2 Å². The number of hydrogen-bond donors (Lipinski definition) is 1. The van der Waals surface area contributed by atoms with Gasteiger partial charge in [0.05, 0.1) is 5.41 Å². The van der Waals surface area contributed by atoms with Crippen LogP contribution >= 0.6 is 0 Å². The second-order valence-corrected chi connectivity index (χ2v) is 6.22. The minimum Gasteiger partial charge on any atom is -0.481 e. The molecule has 0 atom stereocenters. The van der Waals surface area contributed by atoms with Crippen molar-refractivity contribution in [3.8, 4) is 0 Å². The number of benzene rings is 1. The van der Waals surface area contributed by atoms with E-state index in [0.29, 0.717) is 5.92 Å². The van der Waals surface area contributed by atoms with Crippen molar-refractivity contribution < 1.29 is 9.90 Å². The van der Waals surface area contributed by atoms with Crippen LogP contribution in [0, 0.1) is 11.3 Å². The van der Waals surface area contributed by atoms with E-state index in [-0.39, 0.29) is 5.41 Å². The lowest BCUT2D eigenvalue weighted by Crippen LogP contribution is -2.51. The van der Waals surface area contributed by atoms with E-state index in [2.05, 4.69) is 20.8 Å². The molecular weight excluding hydrogens is 212 g/mol. The summed E-state index contributed by atoms with van der Waals surface area (Å²) >= 11 is 0. The Morgan fingerprint density at radius 1 is 1.24 bits per heavy atom. The van der Waals surface area contributed by atoms with Gasteiger partial charge in [-0.2, -0.15) is 0 Å². The maximum atomic E-state index is 11.6. The molecule has 0 amide bonds. The monoisotopic (exact) mass is 232 g/mol. The number of carboxylic acids is 1. The minimum atomic E-state index is -0.677. The quantitative estimate of drug-likeness (QED) is 0.847. The molecule has 1 aromatic rings. The summed E-state index contributed by atoms with van der Waals surface area (Å²) in [6, 6.07) is 9.65. The van der Waals surface area contributed by atoms with Crippen LogP contribution in [0.2, 0.25) is 0 Å². The molecule has 0 aromatic heterocycles. The molecule has 0 spiro atoms. The van der Waals surface area contributed by atoms with Crippen LogP contribution in [0.4, 0.5) is 0 Å². The molecule has 1 saturated carbocycles. The zero-order valence-electron chi connectivity index (χ0n) is 10.7. The summed E-state index contributed by atoms with van der Waals surface area (Å²) in [5.74, 6) is -0.178. The predicted octanol–water partition coefficient (Wildman–Crippen LogP) is 3.47. The maximum absolute atomic E-state index is 11.6. The van der Waals surface area contributed by atoms with Crippen molar-refractivity contribution in [2.24, 2.45) is 11.3 Å². The molecule has 0 radical (unpaired) electrons. The Kier molecular flexibility index (Phi) is 2.76. The SMILES string of the molecule is CC(C)(C)C1CC(C(=O)O)(c2ccccc2)C1. The molecule has 0 unspecified atom stereocenters. The second kappa shape index (κ2) is 3.86. The van der Waals surface area contributed by atoms with Gasteiger partial charge < -0.3 is 5.11 Å². The zero-order valence-corrected chi connectivity index (χ0v) is 10.7. The fourth-order valence-corrected chi connectivity index (χ4v) is 2.68. The lowest BCUT2D eigenvalue weighted by molar-refractivity contribution is -0.152. The summed E-state index contributed by atoms with van der Waals surface area (Å²) in [4.78, 5) is 11.6. The van der Waals surface area contributed by atoms with E-state index in [4.69, 9.17) is 0 Å². The van der Waals surface area contributed by atoms with Crippen LogP contribution in [0.5, 0.6) is 0 Å². The molecule has 1 aromatic carbocycles. The molecule has 2 rings (SSSR count). The van der Waals surface area contributed by atoms with Crippen LogP contribution in [0.1, 0.15) is 39.2 Å². The van der Waals surface area contributed by atoms with Gasteiger partial charge in [-0.25, -0.2) is 0 Å². The number of carbonyl (C=O) groups is 1. The van der Waals surface area contributed by atoms with E-state index >= 15 is 0 Å². The number of hydrogen-bond acceptors (Lipinski definition) is 1. The van der Waals surface area contributed by atoms with Gasteiger partial charge in [0, 0.05) is 0 Å². The van der Waals surface area contributed by atoms with E-state index in [0.717, 1.165) is 18.4 Å². The Morgan fingerprint density at radius 3 is 2.18 bits per heavy atom. The van der Waals surface area contributed by atoms with Crippen molar-refractivity contribution in [1.29, 1.82) is 0 Å². The van der Waals surface area contributed by atoms with Gasteiger partial charge in [-0.3, -0.25) is 4.79 Å². The number of rotatable bonds is 2. The lowest BCUT2D eigenvalue weighted by Gasteiger charge is -2.50. The molecule has 1 fully saturated rings. The Balaban J connectivity index is 2.26. The van der Waals surface area contributed by atoms with E-state index in [9.17, 15) is 9.90 Å². The average molecular weight is 232 g/mol. The third-order valence-electron chi connectivity index (χ3n) is 4.15. The van der Waals surface area contributed by atoms with Crippen molar-refractivity contribution in [1.82, 2.24) is 0 Å². The Labute approximate surface area is 103 Å². The van der Waals surface area contributed by atoms with Gasteiger partial charge in [0.15, 0.2) is 0 Å². The van der Waals surface area contributed by atoms with Crippen LogP contribution in [0.25, 0.3) is 0 Å². The topological polar surface area (TPSA) is 37.3 Å². The van der Waals surface area contributed by atoms with Crippen molar-refractivity contribution in [2.45, 2.75) is 39.0 Å². The molecule has 1 aliphatic rings. The van der Waals surface area contributed by atoms with Crippen molar-refractivity contribution in [3.63, 3.8) is 0 Å². The highest BCUT2D eigenvalue weighted by molar-refractivity contribution is 5.82. The van der Waals surface area contributed by atoms with Gasteiger partial charge in [-0.1, -0.05) is 51.1 Å². The number of carboxylic acid groups (broad SMARTS) is 1. The molecule has 17 heavy (non-hydrogen) atoms. The summed E-state index contributed by atoms with van der Waals surface area (Å²) in [5.41, 5.74) is 0.514. The van der Waals surface area contributed by atoms with Gasteiger partial charge in [0.2, 0.25) is 0 Å². The van der Waals surface area contributed by atoms with Gasteiger partial charge in [-0.05, 0) is 29.7 Å². The molecule has 0 aliphatic heterocycles. The van der Waals surface area contributed by atoms with Gasteiger partial charge >= 0.3 is 5.97 Å². The van der Waals surface area contributed by atoms with Gasteiger partial charge in [0.25, 0.3) is 0 Å². The summed E-state index contributed by atoms with van der Waals surface area (Å²) in [7, 11) is 0. The summed E-state index contributed by atoms with van der Waals surface area (Å²) in [6.45, 7) is 6.57. The van der Waals surface area contributed by atoms with E-state index in [1.54, 1.807) is 0 Å². The van der Waals surface area contributed by atoms with Gasteiger partial charge in [-0.15, -0.1) is 0 Å². The highest BCUT2D eigenvalue weighted by Crippen LogP contribution is 2.54. The normalized spacial score (nSPS) is 28.5. The molecule has 0 heterocycles. The summed E-state index contributed by atoms with van der Waals surface area (Å²) < 4.78 is 0. The molecule has 0 saturated heterocycles. The fraction of sp³-hybridized carbons (Fsp3) is 0.533. The minimum absolute atomic E-state index is 0.202. The van der Waals surface area contributed by atoms with Crippen molar-refractivity contribution >= 4 is 5.97 Å². The highest BCUT2D eigenvalue weighted by atomic mass is 16.4. The van der Waals surface area contributed by atoms with Crippen molar-refractivity contribution in [2.75, 3.05) is 0 Å². The zero-order chi connectivity index (χ0) is 12.7. The molecule has 0 bridgehead atoms. The third kappa shape index (κ3) is 1.97. The molecule has 1 N–H and O–H groups in total. The first-order valence-electron chi connectivity index (χ1n) is 6.15. The molecular formula is C15H20O2. The summed E-state index contributed by atoms with van der Waals surface area (Å²) in [6.07, 6.45) is 1.52. The van der Waals surface area contributed by atoms with Gasteiger partial charge in [0.1, 0.15) is 0 Å². The Morgan fingerprint density at radius 2 is 1.76 bits per heavy atom. The van der Waals surface area contributed by atoms with Crippen LogP contribution < -0.4 is 0 Å². The standard InChI is InChI=1S/C15H20O2/c1-14(2,3)12-9-15(10-12,13(16)17)11-7-5-4-6-8-11/h4-8,12H,9-10H2,1-3H3,(H,16,17). The number of aliphatic carboxylic acids is 1. The highest BCUT2D eigenvalue weighted by Gasteiger charge is 2.54. The summed E-state index contributed by atoms with van der Waals surface area (Å²) in [5, 5.41) is 9.52. The lowest BCUT2D eigenvalue weighted by atomic mass is 9.52. The fourth-order valence-electron chi connectivity index (χ4n) is 2.68. The average Bonchev–Trinajstić information content (AvgIpc) is 2.14. The predicted molar refractivity (Wildman–Crippen MR) is 67.9 cm³/mol. The van der Waals surface area contributed by atoms with Crippen LogP contribution in [-0.4, -0.2) is 11.1 Å². The first kappa shape index (κ1) is 12.2. The largest absolute Gasteiger partial charge is 0.481 e. The molecule has 1 aliphatic carbocycles. The Bertz CT molecular complexity index is 408. The molecule has 2 nitrogen and oxygen atoms in total. The van der Waals surface area contributed by atoms with E-state index in [1.807, 2.05) is 30.3 Å². The molecule has 92 valence electrons. The third-order valence-corrected chi connectivity index (χ3v) is 4.15. The molecule has 2 heteroatoms. The van der Waals surface area contributed by atoms with Crippen molar-refractivity contribution in [3.05, 3.63) is 35.9 Å². The smallest absolute Gasteiger partial charge is 0.314 e. The first-order valence-corrected chi connectivity index (χ1v) is 6.15. The van der Waals surface area contributed by atoms with Crippen LogP contribution in [0.15, 0.2) is 30.3 Å².